The van der Waals surface area contributed by atoms with E-state index in [1.165, 1.54) is 36.7 Å². The Morgan fingerprint density at radius 3 is 2.27 bits per heavy atom. The molecule has 0 saturated heterocycles. The van der Waals surface area contributed by atoms with Crippen LogP contribution in [0.15, 0.2) is 78.0 Å². The van der Waals surface area contributed by atoms with E-state index >= 15 is 0 Å². The van der Waals surface area contributed by atoms with Crippen LogP contribution in [-0.2, 0) is 16.6 Å². The molecule has 9 nitrogen and oxygen atoms in total. The molecule has 0 aliphatic carbocycles. The molecule has 0 spiro atoms. The van der Waals surface area contributed by atoms with Gasteiger partial charge in [0, 0.05) is 23.8 Å². The molecule has 2 aromatic carbocycles. The second-order valence-corrected chi connectivity index (χ2v) is 9.03. The molecule has 0 radical (unpaired) electrons. The van der Waals surface area contributed by atoms with Gasteiger partial charge < -0.3 is 5.32 Å². The lowest BCUT2D eigenvalue weighted by molar-refractivity contribution is 0.102. The lowest BCUT2D eigenvalue weighted by Crippen LogP contribution is -2.16. The lowest BCUT2D eigenvalue weighted by atomic mass is 10.1. The highest BCUT2D eigenvalue weighted by Gasteiger charge is 2.20. The van der Waals surface area contributed by atoms with Gasteiger partial charge in [-0.3, -0.25) is 9.48 Å². The molecular weight excluding hydrogens is 440 g/mol. The summed E-state index contributed by atoms with van der Waals surface area (Å²) in [6, 6.07) is 17.3. The maximum Gasteiger partial charge on any atom is 0.264 e. The molecule has 0 aliphatic rings. The van der Waals surface area contributed by atoms with Crippen molar-refractivity contribution in [3.63, 3.8) is 0 Å². The molecule has 2 aromatic heterocycles. The van der Waals surface area contributed by atoms with Crippen molar-refractivity contribution in [2.75, 3.05) is 10.0 Å². The smallest absolute Gasteiger partial charge is 0.264 e. The minimum absolute atomic E-state index is 0.0201. The highest BCUT2D eigenvalue weighted by molar-refractivity contribution is 7.92. The van der Waals surface area contributed by atoms with Gasteiger partial charge in [-0.15, -0.1) is 0 Å². The zero-order valence-corrected chi connectivity index (χ0v) is 18.9. The number of benzene rings is 2. The molecule has 4 rings (SSSR count). The Labute approximate surface area is 191 Å². The molecule has 0 bridgehead atoms. The maximum atomic E-state index is 12.9. The molecule has 4 aromatic rings. The van der Waals surface area contributed by atoms with Crippen molar-refractivity contribution in [3.05, 3.63) is 95.6 Å². The summed E-state index contributed by atoms with van der Waals surface area (Å²) < 4.78 is 29.1. The number of carbonyl (C=O) groups excluding carboxylic acids is 1. The molecule has 0 saturated carbocycles. The number of aryl methyl sites for hydroxylation is 1. The van der Waals surface area contributed by atoms with E-state index in [0.717, 1.165) is 11.3 Å². The molecule has 2 N–H and O–H groups in total. The van der Waals surface area contributed by atoms with E-state index in [2.05, 4.69) is 25.1 Å². The number of nitrogens with zero attached hydrogens (tertiary/aromatic N) is 4. The van der Waals surface area contributed by atoms with Crippen molar-refractivity contribution in [2.45, 2.75) is 25.3 Å². The summed E-state index contributed by atoms with van der Waals surface area (Å²) in [6.45, 7) is 4.20. The first-order chi connectivity index (χ1) is 15.8. The Bertz CT molecular complexity index is 1370. The third kappa shape index (κ3) is 5.07. The van der Waals surface area contributed by atoms with Crippen LogP contribution in [-0.4, -0.2) is 34.1 Å². The van der Waals surface area contributed by atoms with Gasteiger partial charge in [0.15, 0.2) is 0 Å². The number of sulfonamides is 1. The van der Waals surface area contributed by atoms with E-state index in [-0.39, 0.29) is 16.8 Å². The average Bonchev–Trinajstić information content (AvgIpc) is 3.08. The fourth-order valence-corrected chi connectivity index (χ4v) is 4.34. The molecule has 168 valence electrons. The van der Waals surface area contributed by atoms with Crippen molar-refractivity contribution in [1.82, 2.24) is 19.7 Å². The van der Waals surface area contributed by atoms with Crippen LogP contribution in [0.4, 0.5) is 11.6 Å². The minimum Gasteiger partial charge on any atom is -0.322 e. The molecule has 0 aliphatic heterocycles. The second kappa shape index (κ2) is 9.21. The Balaban J connectivity index is 1.48. The van der Waals surface area contributed by atoms with E-state index in [1.807, 2.05) is 37.3 Å². The molecular formula is C23H22N6O3S. The quantitative estimate of drug-likeness (QED) is 0.435. The summed E-state index contributed by atoms with van der Waals surface area (Å²) in [7, 11) is -3.85. The fourth-order valence-electron chi connectivity index (χ4n) is 3.38. The summed E-state index contributed by atoms with van der Waals surface area (Å²) in [5.74, 6) is -0.330. The molecule has 33 heavy (non-hydrogen) atoms. The highest BCUT2D eigenvalue weighted by Crippen LogP contribution is 2.20. The number of amides is 1. The topological polar surface area (TPSA) is 119 Å². The number of rotatable bonds is 7. The molecule has 0 unspecified atom stereocenters. The molecule has 0 atom stereocenters. The van der Waals surface area contributed by atoms with Crippen LogP contribution in [0.25, 0.3) is 0 Å². The van der Waals surface area contributed by atoms with Crippen molar-refractivity contribution < 1.29 is 13.2 Å². The van der Waals surface area contributed by atoms with Crippen LogP contribution in [0.3, 0.4) is 0 Å². The molecule has 1 amide bonds. The van der Waals surface area contributed by atoms with Gasteiger partial charge in [-0.25, -0.2) is 23.1 Å². The first kappa shape index (κ1) is 22.2. The van der Waals surface area contributed by atoms with E-state index < -0.39 is 10.0 Å². The fraction of sp³-hybridized carbons (Fsp3) is 0.130. The van der Waals surface area contributed by atoms with Crippen molar-refractivity contribution >= 4 is 27.6 Å². The normalized spacial score (nSPS) is 11.2. The number of aromatic nitrogens is 4. The third-order valence-electron chi connectivity index (χ3n) is 5.00. The van der Waals surface area contributed by atoms with Crippen molar-refractivity contribution in [1.29, 1.82) is 0 Å². The summed E-state index contributed by atoms with van der Waals surface area (Å²) >= 11 is 0. The molecule has 0 fully saturated rings. The van der Waals surface area contributed by atoms with Gasteiger partial charge in [-0.1, -0.05) is 30.3 Å². The Morgan fingerprint density at radius 2 is 1.61 bits per heavy atom. The SMILES string of the molecule is Cc1nn(Cc2ccccc2)c(C)c1C(=O)Nc1ccc(S(=O)(=O)Nc2ncccn2)cc1. The zero-order chi connectivity index (χ0) is 23.4. The Hall–Kier alpha value is -4.05. The van der Waals surface area contributed by atoms with Crippen LogP contribution in [0.5, 0.6) is 0 Å². The standard InChI is InChI=1S/C23H22N6O3S/c1-16-21(17(2)29(27-16)15-18-7-4-3-5-8-18)22(30)26-19-9-11-20(12-10-19)33(31,32)28-23-24-13-6-14-25-23/h3-14H,15H2,1-2H3,(H,26,30)(H,24,25,28). The van der Waals surface area contributed by atoms with Crippen molar-refractivity contribution in [3.8, 4) is 0 Å². The van der Waals surface area contributed by atoms with Gasteiger partial charge in [-0.2, -0.15) is 5.10 Å². The number of carbonyl (C=O) groups is 1. The number of hydrogen-bond acceptors (Lipinski definition) is 6. The third-order valence-corrected chi connectivity index (χ3v) is 6.34. The van der Waals surface area contributed by atoms with Gasteiger partial charge in [0.05, 0.1) is 22.7 Å². The van der Waals surface area contributed by atoms with E-state index in [0.29, 0.717) is 23.5 Å². The predicted octanol–water partition coefficient (Wildman–Crippen LogP) is 3.39. The van der Waals surface area contributed by atoms with Gasteiger partial charge in [0.25, 0.3) is 15.9 Å². The molecule has 2 heterocycles. The predicted molar refractivity (Wildman–Crippen MR) is 124 cm³/mol. The lowest BCUT2D eigenvalue weighted by Gasteiger charge is -2.09. The number of hydrogen-bond donors (Lipinski definition) is 2. The maximum absolute atomic E-state index is 12.9. The summed E-state index contributed by atoms with van der Waals surface area (Å²) in [5.41, 5.74) is 3.41. The Morgan fingerprint density at radius 1 is 0.939 bits per heavy atom. The van der Waals surface area contributed by atoms with Gasteiger partial charge in [-0.05, 0) is 49.7 Å². The minimum atomic E-state index is -3.85. The van der Waals surface area contributed by atoms with Crippen LogP contribution in [0.1, 0.15) is 27.3 Å². The van der Waals surface area contributed by atoms with E-state index in [9.17, 15) is 13.2 Å². The summed E-state index contributed by atoms with van der Waals surface area (Å²) in [6.07, 6.45) is 2.88. The second-order valence-electron chi connectivity index (χ2n) is 7.35. The largest absolute Gasteiger partial charge is 0.322 e. The number of anilines is 2. The van der Waals surface area contributed by atoms with Crippen LogP contribution in [0.2, 0.25) is 0 Å². The van der Waals surface area contributed by atoms with Gasteiger partial charge in [0.2, 0.25) is 5.95 Å². The molecule has 10 heteroatoms. The zero-order valence-electron chi connectivity index (χ0n) is 18.1. The van der Waals surface area contributed by atoms with Crippen LogP contribution < -0.4 is 10.0 Å². The van der Waals surface area contributed by atoms with Gasteiger partial charge in [0.1, 0.15) is 0 Å². The summed E-state index contributed by atoms with van der Waals surface area (Å²) in [5, 5.41) is 7.32. The first-order valence-corrected chi connectivity index (χ1v) is 11.6. The monoisotopic (exact) mass is 462 g/mol. The number of nitrogens with one attached hydrogen (secondary N) is 2. The van der Waals surface area contributed by atoms with Gasteiger partial charge >= 0.3 is 0 Å². The van der Waals surface area contributed by atoms with E-state index in [1.54, 1.807) is 17.7 Å². The first-order valence-electron chi connectivity index (χ1n) is 10.1. The van der Waals surface area contributed by atoms with E-state index in [4.69, 9.17) is 0 Å². The van der Waals surface area contributed by atoms with Crippen LogP contribution in [0, 0.1) is 13.8 Å². The van der Waals surface area contributed by atoms with Crippen molar-refractivity contribution in [2.24, 2.45) is 0 Å². The highest BCUT2D eigenvalue weighted by atomic mass is 32.2. The van der Waals surface area contributed by atoms with Crippen LogP contribution >= 0.6 is 0 Å². The average molecular weight is 463 g/mol. The summed E-state index contributed by atoms with van der Waals surface area (Å²) in [4.78, 5) is 20.7. The Kier molecular flexibility index (Phi) is 6.18.